The molecule has 0 aromatic carbocycles. The number of amides is 1. The summed E-state index contributed by atoms with van der Waals surface area (Å²) >= 11 is 5.96. The number of aromatic nitrogens is 1. The molecule has 1 rings (SSSR count). The van der Waals surface area contributed by atoms with Gasteiger partial charge >= 0.3 is 0 Å². The summed E-state index contributed by atoms with van der Waals surface area (Å²) in [5.41, 5.74) is 2.82. The molecule has 0 aliphatic carbocycles. The molecule has 4 heteroatoms. The first-order valence-electron chi connectivity index (χ1n) is 4.37. The van der Waals surface area contributed by atoms with Crippen LogP contribution in [0.2, 0.25) is 5.15 Å². The molecule has 1 heterocycles. The van der Waals surface area contributed by atoms with E-state index in [2.05, 4.69) is 10.3 Å². The lowest BCUT2D eigenvalue weighted by atomic mass is 10.1. The molecule has 0 bridgehead atoms. The van der Waals surface area contributed by atoms with E-state index in [0.717, 1.165) is 16.8 Å². The van der Waals surface area contributed by atoms with E-state index in [-0.39, 0.29) is 5.91 Å². The molecular formula is C10H13ClN2O. The second-order valence-electron chi connectivity index (χ2n) is 3.26. The fraction of sp³-hybridized carbons (Fsp3) is 0.400. The van der Waals surface area contributed by atoms with Gasteiger partial charge in [0.05, 0.1) is 0 Å². The molecule has 0 atom stereocenters. The summed E-state index contributed by atoms with van der Waals surface area (Å²) in [5.74, 6) is -0.0685. The molecule has 1 N–H and O–H groups in total. The van der Waals surface area contributed by atoms with Crippen molar-refractivity contribution in [1.82, 2.24) is 10.3 Å². The number of nitrogens with zero attached hydrogens (tertiary/aromatic N) is 1. The predicted octanol–water partition coefficient (Wildman–Crippen LogP) is 1.99. The van der Waals surface area contributed by atoms with Gasteiger partial charge in [0.1, 0.15) is 5.15 Å². The molecule has 1 aromatic heterocycles. The Morgan fingerprint density at radius 3 is 2.71 bits per heavy atom. The highest BCUT2D eigenvalue weighted by Crippen LogP contribution is 2.18. The van der Waals surface area contributed by atoms with E-state index >= 15 is 0 Å². The van der Waals surface area contributed by atoms with Crippen molar-refractivity contribution >= 4 is 17.5 Å². The first-order valence-corrected chi connectivity index (χ1v) is 4.75. The van der Waals surface area contributed by atoms with Crippen molar-refractivity contribution in [3.05, 3.63) is 28.0 Å². The first kappa shape index (κ1) is 11.0. The Balaban J connectivity index is 2.91. The molecule has 1 amide bonds. The fourth-order valence-corrected chi connectivity index (χ4v) is 1.59. The van der Waals surface area contributed by atoms with Crippen molar-refractivity contribution in [2.24, 2.45) is 0 Å². The van der Waals surface area contributed by atoms with E-state index in [1.807, 2.05) is 19.9 Å². The van der Waals surface area contributed by atoms with E-state index in [9.17, 15) is 4.79 Å². The summed E-state index contributed by atoms with van der Waals surface area (Å²) in [6, 6.07) is 1.95. The smallest absolute Gasteiger partial charge is 0.217 e. The standard InChI is InChI=1S/C10H13ClN2O/c1-6-4-7(2)13-10(11)9(6)5-12-8(3)14/h4H,5H2,1-3H3,(H,12,14). The first-order chi connectivity index (χ1) is 6.50. The third-order valence-electron chi connectivity index (χ3n) is 1.94. The van der Waals surface area contributed by atoms with Crippen LogP contribution in [-0.2, 0) is 11.3 Å². The molecule has 14 heavy (non-hydrogen) atoms. The minimum atomic E-state index is -0.0685. The third-order valence-corrected chi connectivity index (χ3v) is 2.25. The zero-order chi connectivity index (χ0) is 10.7. The van der Waals surface area contributed by atoms with Gasteiger partial charge in [0, 0.05) is 24.7 Å². The lowest BCUT2D eigenvalue weighted by Gasteiger charge is -2.08. The van der Waals surface area contributed by atoms with E-state index in [0.29, 0.717) is 11.7 Å². The van der Waals surface area contributed by atoms with Crippen LogP contribution >= 0.6 is 11.6 Å². The van der Waals surface area contributed by atoms with Gasteiger partial charge in [-0.1, -0.05) is 11.6 Å². The molecule has 0 saturated carbocycles. The number of pyridine rings is 1. The number of hydrogen-bond acceptors (Lipinski definition) is 2. The fourth-order valence-electron chi connectivity index (χ4n) is 1.24. The second kappa shape index (κ2) is 4.42. The van der Waals surface area contributed by atoms with Gasteiger partial charge < -0.3 is 5.32 Å². The van der Waals surface area contributed by atoms with Crippen LogP contribution in [0.1, 0.15) is 23.7 Å². The number of carbonyl (C=O) groups is 1. The van der Waals surface area contributed by atoms with Gasteiger partial charge in [-0.05, 0) is 25.5 Å². The Labute approximate surface area is 88.5 Å². The summed E-state index contributed by atoms with van der Waals surface area (Å²) in [6.07, 6.45) is 0. The summed E-state index contributed by atoms with van der Waals surface area (Å²) in [4.78, 5) is 14.9. The summed E-state index contributed by atoms with van der Waals surface area (Å²) in [6.45, 7) is 5.76. The lowest BCUT2D eigenvalue weighted by Crippen LogP contribution is -2.20. The van der Waals surface area contributed by atoms with Gasteiger partial charge in [-0.25, -0.2) is 4.98 Å². The highest BCUT2D eigenvalue weighted by molar-refractivity contribution is 6.30. The van der Waals surface area contributed by atoms with Gasteiger partial charge in [0.2, 0.25) is 5.91 Å². The van der Waals surface area contributed by atoms with Crippen LogP contribution in [-0.4, -0.2) is 10.9 Å². The monoisotopic (exact) mass is 212 g/mol. The average Bonchev–Trinajstić information content (AvgIpc) is 2.01. The van der Waals surface area contributed by atoms with Crippen molar-refractivity contribution in [3.8, 4) is 0 Å². The summed E-state index contributed by atoms with van der Waals surface area (Å²) in [7, 11) is 0. The quantitative estimate of drug-likeness (QED) is 0.762. The van der Waals surface area contributed by atoms with Crippen molar-refractivity contribution in [1.29, 1.82) is 0 Å². The number of aryl methyl sites for hydroxylation is 2. The maximum absolute atomic E-state index is 10.7. The predicted molar refractivity (Wildman–Crippen MR) is 56.2 cm³/mol. The molecule has 0 radical (unpaired) electrons. The highest BCUT2D eigenvalue weighted by atomic mass is 35.5. The number of rotatable bonds is 2. The maximum Gasteiger partial charge on any atom is 0.217 e. The van der Waals surface area contributed by atoms with Gasteiger partial charge in [0.15, 0.2) is 0 Å². The van der Waals surface area contributed by atoms with Crippen LogP contribution in [0.4, 0.5) is 0 Å². The van der Waals surface area contributed by atoms with Crippen LogP contribution in [0, 0.1) is 13.8 Å². The zero-order valence-electron chi connectivity index (χ0n) is 8.52. The van der Waals surface area contributed by atoms with Crippen LogP contribution in [0.25, 0.3) is 0 Å². The Morgan fingerprint density at radius 2 is 2.21 bits per heavy atom. The van der Waals surface area contributed by atoms with Crippen molar-refractivity contribution in [2.45, 2.75) is 27.3 Å². The molecule has 0 unspecified atom stereocenters. The number of halogens is 1. The zero-order valence-corrected chi connectivity index (χ0v) is 9.27. The molecule has 1 aromatic rings. The van der Waals surface area contributed by atoms with Crippen LogP contribution < -0.4 is 5.32 Å². The average molecular weight is 213 g/mol. The molecule has 3 nitrogen and oxygen atoms in total. The third kappa shape index (κ3) is 2.70. The van der Waals surface area contributed by atoms with E-state index in [4.69, 9.17) is 11.6 Å². The number of carbonyl (C=O) groups excluding carboxylic acids is 1. The summed E-state index contributed by atoms with van der Waals surface area (Å²) in [5, 5.41) is 3.17. The van der Waals surface area contributed by atoms with Crippen molar-refractivity contribution < 1.29 is 4.79 Å². The van der Waals surface area contributed by atoms with Gasteiger partial charge in [0.25, 0.3) is 0 Å². The number of nitrogens with one attached hydrogen (secondary N) is 1. The van der Waals surface area contributed by atoms with E-state index in [1.165, 1.54) is 6.92 Å². The van der Waals surface area contributed by atoms with Crippen LogP contribution in [0.5, 0.6) is 0 Å². The SMILES string of the molecule is CC(=O)NCc1c(C)cc(C)nc1Cl. The Hall–Kier alpha value is -1.09. The van der Waals surface area contributed by atoms with Crippen molar-refractivity contribution in [3.63, 3.8) is 0 Å². The molecule has 0 aliphatic rings. The normalized spacial score (nSPS) is 10.0. The minimum Gasteiger partial charge on any atom is -0.352 e. The van der Waals surface area contributed by atoms with Crippen LogP contribution in [0.3, 0.4) is 0 Å². The van der Waals surface area contributed by atoms with Gasteiger partial charge in [-0.15, -0.1) is 0 Å². The second-order valence-corrected chi connectivity index (χ2v) is 3.62. The van der Waals surface area contributed by atoms with Crippen LogP contribution in [0.15, 0.2) is 6.07 Å². The van der Waals surface area contributed by atoms with Crippen molar-refractivity contribution in [2.75, 3.05) is 0 Å². The number of hydrogen-bond donors (Lipinski definition) is 1. The Bertz CT molecular complexity index is 340. The topological polar surface area (TPSA) is 42.0 Å². The largest absolute Gasteiger partial charge is 0.352 e. The highest BCUT2D eigenvalue weighted by Gasteiger charge is 2.06. The lowest BCUT2D eigenvalue weighted by molar-refractivity contribution is -0.119. The maximum atomic E-state index is 10.7. The van der Waals surface area contributed by atoms with E-state index in [1.54, 1.807) is 0 Å². The van der Waals surface area contributed by atoms with Gasteiger partial charge in [-0.2, -0.15) is 0 Å². The molecule has 76 valence electrons. The molecular weight excluding hydrogens is 200 g/mol. The Kier molecular flexibility index (Phi) is 3.47. The molecule has 0 aliphatic heterocycles. The minimum absolute atomic E-state index is 0.0685. The summed E-state index contributed by atoms with van der Waals surface area (Å²) < 4.78 is 0. The molecule has 0 saturated heterocycles. The van der Waals surface area contributed by atoms with Gasteiger partial charge in [-0.3, -0.25) is 4.79 Å². The van der Waals surface area contributed by atoms with E-state index < -0.39 is 0 Å². The Morgan fingerprint density at radius 1 is 1.57 bits per heavy atom. The molecule has 0 fully saturated rings. The molecule has 0 spiro atoms.